The molecule has 8 heteroatoms. The van der Waals surface area contributed by atoms with Crippen molar-refractivity contribution in [2.45, 2.75) is 39.9 Å². The van der Waals surface area contributed by atoms with Crippen LogP contribution in [0.25, 0.3) is 11.1 Å². The Hall–Kier alpha value is -3.68. The van der Waals surface area contributed by atoms with Gasteiger partial charge >= 0.3 is 6.18 Å². The summed E-state index contributed by atoms with van der Waals surface area (Å²) in [5, 5.41) is 2.83. The predicted molar refractivity (Wildman–Crippen MR) is 134 cm³/mol. The minimum Gasteiger partial charge on any atom is -0.345 e. The largest absolute Gasteiger partial charge is 0.433 e. The van der Waals surface area contributed by atoms with Gasteiger partial charge in [-0.3, -0.25) is 14.6 Å². The molecule has 0 aliphatic rings. The van der Waals surface area contributed by atoms with Crippen LogP contribution in [0, 0.1) is 12.8 Å². The lowest BCUT2D eigenvalue weighted by molar-refractivity contribution is -0.141. The Morgan fingerprint density at radius 1 is 0.972 bits per heavy atom. The molecule has 3 aromatic rings. The van der Waals surface area contributed by atoms with Gasteiger partial charge in [-0.1, -0.05) is 50.2 Å². The van der Waals surface area contributed by atoms with Gasteiger partial charge in [0.05, 0.1) is 6.04 Å². The van der Waals surface area contributed by atoms with Gasteiger partial charge < -0.3 is 10.2 Å². The molecule has 0 spiro atoms. The van der Waals surface area contributed by atoms with Crippen LogP contribution < -0.4 is 5.32 Å². The topological polar surface area (TPSA) is 62.3 Å². The Morgan fingerprint density at radius 3 is 2.17 bits per heavy atom. The average molecular weight is 498 g/mol. The molecule has 0 bridgehead atoms. The summed E-state index contributed by atoms with van der Waals surface area (Å²) in [5.74, 6) is -0.344. The highest BCUT2D eigenvalue weighted by Crippen LogP contribution is 2.29. The number of hydrogen-bond donors (Lipinski definition) is 1. The molecule has 2 amide bonds. The van der Waals surface area contributed by atoms with Gasteiger partial charge in [0, 0.05) is 30.9 Å². The zero-order valence-corrected chi connectivity index (χ0v) is 21.0. The van der Waals surface area contributed by atoms with E-state index in [0.29, 0.717) is 28.8 Å². The summed E-state index contributed by atoms with van der Waals surface area (Å²) in [5.41, 5.74) is 2.29. The maximum absolute atomic E-state index is 13.3. The number of alkyl halides is 3. The van der Waals surface area contributed by atoms with Crippen molar-refractivity contribution < 1.29 is 22.8 Å². The summed E-state index contributed by atoms with van der Waals surface area (Å²) in [6.45, 7) is 8.00. The molecule has 1 atom stereocenters. The smallest absolute Gasteiger partial charge is 0.345 e. The summed E-state index contributed by atoms with van der Waals surface area (Å²) in [4.78, 5) is 31.8. The van der Waals surface area contributed by atoms with Crippen molar-refractivity contribution in [3.63, 3.8) is 0 Å². The van der Waals surface area contributed by atoms with Gasteiger partial charge in [-0.05, 0) is 60.2 Å². The lowest BCUT2D eigenvalue weighted by Crippen LogP contribution is -2.32. The number of nitrogens with zero attached hydrogens (tertiary/aromatic N) is 2. The first-order chi connectivity index (χ1) is 16.9. The second kappa shape index (κ2) is 10.9. The summed E-state index contributed by atoms with van der Waals surface area (Å²) >= 11 is 0. The van der Waals surface area contributed by atoms with Crippen LogP contribution in [0.4, 0.5) is 13.2 Å². The van der Waals surface area contributed by atoms with Crippen molar-refractivity contribution in [2.24, 2.45) is 5.92 Å². The highest BCUT2D eigenvalue weighted by atomic mass is 19.4. The molecule has 1 N–H and O–H groups in total. The Kier molecular flexibility index (Phi) is 8.17. The molecule has 0 saturated heterocycles. The van der Waals surface area contributed by atoms with E-state index in [2.05, 4.69) is 10.3 Å². The Labute approximate surface area is 209 Å². The van der Waals surface area contributed by atoms with Crippen LogP contribution >= 0.6 is 0 Å². The molecule has 1 heterocycles. The third-order valence-corrected chi connectivity index (χ3v) is 5.90. The zero-order valence-electron chi connectivity index (χ0n) is 21.0. The number of halogens is 3. The summed E-state index contributed by atoms with van der Waals surface area (Å²) in [7, 11) is 1.73. The molecule has 190 valence electrons. The highest BCUT2D eigenvalue weighted by molar-refractivity contribution is 6.03. The fraction of sp³-hybridized carbons (Fsp3) is 0.321. The molecular weight excluding hydrogens is 467 g/mol. The van der Waals surface area contributed by atoms with Crippen LogP contribution in [-0.2, 0) is 6.18 Å². The Balaban J connectivity index is 1.97. The Morgan fingerprint density at radius 2 is 1.61 bits per heavy atom. The number of carbonyl (C=O) groups excluding carboxylic acids is 2. The van der Waals surface area contributed by atoms with Crippen LogP contribution in [0.1, 0.15) is 64.3 Å². The fourth-order valence-corrected chi connectivity index (χ4v) is 3.99. The lowest BCUT2D eigenvalue weighted by Gasteiger charge is -2.22. The van der Waals surface area contributed by atoms with E-state index in [-0.39, 0.29) is 11.8 Å². The minimum absolute atomic E-state index is 0.187. The molecule has 2 aromatic carbocycles. The number of benzene rings is 2. The van der Waals surface area contributed by atoms with Crippen molar-refractivity contribution in [3.05, 3.63) is 88.7 Å². The van der Waals surface area contributed by atoms with E-state index in [0.717, 1.165) is 23.4 Å². The number of hydrogen-bond acceptors (Lipinski definition) is 3. The van der Waals surface area contributed by atoms with Crippen molar-refractivity contribution in [1.29, 1.82) is 0 Å². The molecule has 3 rings (SSSR count). The molecule has 0 unspecified atom stereocenters. The van der Waals surface area contributed by atoms with E-state index in [1.807, 2.05) is 44.2 Å². The normalized spacial score (nSPS) is 12.4. The van der Waals surface area contributed by atoms with Gasteiger partial charge in [0.2, 0.25) is 0 Å². The van der Waals surface area contributed by atoms with Crippen molar-refractivity contribution in [2.75, 3.05) is 13.6 Å². The number of amides is 2. The SMILES string of the molecule is Cc1c(C(=O)N[C@H](C)c2ccc(C(F)(F)F)nc2)cc(-c2ccccc2)cc1C(=O)N(C)CC(C)C. The molecule has 36 heavy (non-hydrogen) atoms. The first-order valence-corrected chi connectivity index (χ1v) is 11.7. The van der Waals surface area contributed by atoms with E-state index in [1.165, 1.54) is 6.07 Å². The van der Waals surface area contributed by atoms with E-state index in [9.17, 15) is 22.8 Å². The quantitative estimate of drug-likeness (QED) is 0.417. The first-order valence-electron chi connectivity index (χ1n) is 11.7. The Bertz CT molecular complexity index is 1220. The second-order valence-electron chi connectivity index (χ2n) is 9.31. The highest BCUT2D eigenvalue weighted by Gasteiger charge is 2.32. The zero-order chi connectivity index (χ0) is 26.6. The number of aromatic nitrogens is 1. The van der Waals surface area contributed by atoms with E-state index >= 15 is 0 Å². The van der Waals surface area contributed by atoms with E-state index < -0.39 is 23.8 Å². The van der Waals surface area contributed by atoms with Gasteiger partial charge in [0.1, 0.15) is 5.69 Å². The molecule has 0 aliphatic carbocycles. The lowest BCUT2D eigenvalue weighted by atomic mass is 9.93. The van der Waals surface area contributed by atoms with Gasteiger partial charge in [-0.15, -0.1) is 0 Å². The number of carbonyl (C=O) groups is 2. The standard InChI is InChI=1S/C28H30F3N3O2/c1-17(2)16-34(5)27(36)24-14-22(20-9-7-6-8-10-20)13-23(18(24)3)26(35)33-19(4)21-11-12-25(32-15-21)28(29,30)31/h6-15,17,19H,16H2,1-5H3,(H,33,35)/t19-/m1/s1. The van der Waals surface area contributed by atoms with Gasteiger partial charge in [0.25, 0.3) is 11.8 Å². The number of nitrogens with one attached hydrogen (secondary N) is 1. The molecule has 0 saturated carbocycles. The van der Waals surface area contributed by atoms with E-state index in [4.69, 9.17) is 0 Å². The molecule has 5 nitrogen and oxygen atoms in total. The number of rotatable bonds is 7. The van der Waals surface area contributed by atoms with Crippen LogP contribution in [0.2, 0.25) is 0 Å². The maximum atomic E-state index is 13.3. The van der Waals surface area contributed by atoms with Gasteiger partial charge in [-0.25, -0.2) is 0 Å². The molecule has 0 radical (unpaired) electrons. The number of pyridine rings is 1. The van der Waals surface area contributed by atoms with Crippen molar-refractivity contribution in [1.82, 2.24) is 15.2 Å². The third-order valence-electron chi connectivity index (χ3n) is 5.90. The van der Waals surface area contributed by atoms with Gasteiger partial charge in [-0.2, -0.15) is 13.2 Å². The van der Waals surface area contributed by atoms with E-state index in [1.54, 1.807) is 37.9 Å². The predicted octanol–water partition coefficient (Wildman–Crippen LogP) is 6.29. The van der Waals surface area contributed by atoms with Crippen LogP contribution in [-0.4, -0.2) is 35.3 Å². The summed E-state index contributed by atoms with van der Waals surface area (Å²) in [6.07, 6.45) is -3.43. The second-order valence-corrected chi connectivity index (χ2v) is 9.31. The molecule has 1 aromatic heterocycles. The first kappa shape index (κ1) is 26.9. The van der Waals surface area contributed by atoms with Gasteiger partial charge in [0.15, 0.2) is 0 Å². The van der Waals surface area contributed by atoms with Crippen LogP contribution in [0.3, 0.4) is 0 Å². The molecular formula is C28H30F3N3O2. The van der Waals surface area contributed by atoms with Crippen molar-refractivity contribution in [3.8, 4) is 11.1 Å². The monoisotopic (exact) mass is 497 g/mol. The van der Waals surface area contributed by atoms with Crippen molar-refractivity contribution >= 4 is 11.8 Å². The molecule has 0 fully saturated rings. The fourth-order valence-electron chi connectivity index (χ4n) is 3.99. The third kappa shape index (κ3) is 6.30. The molecule has 0 aliphatic heterocycles. The minimum atomic E-state index is -4.54. The van der Waals surface area contributed by atoms with Crippen LogP contribution in [0.15, 0.2) is 60.8 Å². The summed E-state index contributed by atoms with van der Waals surface area (Å²) in [6, 6.07) is 14.5. The summed E-state index contributed by atoms with van der Waals surface area (Å²) < 4.78 is 38.5. The van der Waals surface area contributed by atoms with Crippen LogP contribution in [0.5, 0.6) is 0 Å². The average Bonchev–Trinajstić information content (AvgIpc) is 2.83. The maximum Gasteiger partial charge on any atom is 0.433 e.